The van der Waals surface area contributed by atoms with Crippen LogP contribution in [0, 0.1) is 11.3 Å². The molecular weight excluding hydrogens is 232 g/mol. The van der Waals surface area contributed by atoms with Crippen molar-refractivity contribution < 1.29 is 14.7 Å². The number of carbonyl (C=O) groups excluding carboxylic acids is 1. The summed E-state index contributed by atoms with van der Waals surface area (Å²) >= 11 is 0. The van der Waals surface area contributed by atoms with Crippen molar-refractivity contribution in [1.82, 2.24) is 5.32 Å². The fraction of sp³-hybridized carbons (Fsp3) is 0.846. The zero-order valence-corrected chi connectivity index (χ0v) is 11.2. The van der Waals surface area contributed by atoms with Crippen molar-refractivity contribution in [3.05, 3.63) is 0 Å². The van der Waals surface area contributed by atoms with E-state index >= 15 is 0 Å². The zero-order valence-electron chi connectivity index (χ0n) is 11.2. The molecule has 0 radical (unpaired) electrons. The van der Waals surface area contributed by atoms with Gasteiger partial charge in [0.1, 0.15) is 0 Å². The van der Waals surface area contributed by atoms with Gasteiger partial charge in [0.25, 0.3) is 0 Å². The SMILES string of the molecule is CC[C@H](N)C(=O)NCC1(C(=O)O)CCC(C)CC1. The highest BCUT2D eigenvalue weighted by Gasteiger charge is 2.41. The molecule has 4 N–H and O–H groups in total. The molecule has 18 heavy (non-hydrogen) atoms. The lowest BCUT2D eigenvalue weighted by Crippen LogP contribution is -2.49. The lowest BCUT2D eigenvalue weighted by atomic mass is 9.71. The van der Waals surface area contributed by atoms with Crippen molar-refractivity contribution >= 4 is 11.9 Å². The molecular formula is C13H24N2O3. The molecule has 104 valence electrons. The van der Waals surface area contributed by atoms with Crippen molar-refractivity contribution in [2.75, 3.05) is 6.54 Å². The predicted octanol–water partition coefficient (Wildman–Crippen LogP) is 1.12. The Labute approximate surface area is 108 Å². The number of rotatable bonds is 5. The Morgan fingerprint density at radius 3 is 2.44 bits per heavy atom. The van der Waals surface area contributed by atoms with E-state index in [0.717, 1.165) is 12.8 Å². The largest absolute Gasteiger partial charge is 0.481 e. The van der Waals surface area contributed by atoms with Gasteiger partial charge in [-0.05, 0) is 38.0 Å². The molecule has 5 nitrogen and oxygen atoms in total. The van der Waals surface area contributed by atoms with Gasteiger partial charge in [0.05, 0.1) is 11.5 Å². The molecule has 0 aromatic heterocycles. The van der Waals surface area contributed by atoms with E-state index in [1.165, 1.54) is 0 Å². The van der Waals surface area contributed by atoms with Crippen LogP contribution in [0.3, 0.4) is 0 Å². The van der Waals surface area contributed by atoms with Crippen LogP contribution in [0.15, 0.2) is 0 Å². The molecule has 1 aliphatic carbocycles. The van der Waals surface area contributed by atoms with Crippen LogP contribution in [-0.4, -0.2) is 29.6 Å². The standard InChI is InChI=1S/C13H24N2O3/c1-3-10(14)11(16)15-8-13(12(17)18)6-4-9(2)5-7-13/h9-10H,3-8,14H2,1-2H3,(H,15,16)(H,17,18)/t9?,10-,13?/m0/s1. The van der Waals surface area contributed by atoms with Crippen LogP contribution in [0.1, 0.15) is 46.0 Å². The lowest BCUT2D eigenvalue weighted by Gasteiger charge is -2.36. The summed E-state index contributed by atoms with van der Waals surface area (Å²) in [6.45, 7) is 4.17. The number of nitrogens with two attached hydrogens (primary N) is 1. The van der Waals surface area contributed by atoms with Crippen molar-refractivity contribution in [2.45, 2.75) is 52.0 Å². The van der Waals surface area contributed by atoms with E-state index in [1.807, 2.05) is 6.92 Å². The molecule has 1 amide bonds. The fourth-order valence-electron chi connectivity index (χ4n) is 2.35. The number of nitrogens with one attached hydrogen (secondary N) is 1. The normalized spacial score (nSPS) is 29.6. The molecule has 5 heteroatoms. The van der Waals surface area contributed by atoms with E-state index < -0.39 is 17.4 Å². The van der Waals surface area contributed by atoms with Gasteiger partial charge in [-0.3, -0.25) is 9.59 Å². The fourth-order valence-corrected chi connectivity index (χ4v) is 2.35. The van der Waals surface area contributed by atoms with Crippen LogP contribution in [0.4, 0.5) is 0 Å². The van der Waals surface area contributed by atoms with Crippen molar-refractivity contribution in [1.29, 1.82) is 0 Å². The molecule has 1 saturated carbocycles. The highest BCUT2D eigenvalue weighted by atomic mass is 16.4. The molecule has 1 rings (SSSR count). The summed E-state index contributed by atoms with van der Waals surface area (Å²) < 4.78 is 0. The number of aliphatic carboxylic acids is 1. The second-order valence-electron chi connectivity index (χ2n) is 5.50. The van der Waals surface area contributed by atoms with E-state index in [-0.39, 0.29) is 12.5 Å². The van der Waals surface area contributed by atoms with Gasteiger partial charge in [-0.25, -0.2) is 0 Å². The van der Waals surface area contributed by atoms with Crippen molar-refractivity contribution in [3.8, 4) is 0 Å². The maximum atomic E-state index is 11.6. The van der Waals surface area contributed by atoms with Gasteiger partial charge in [-0.15, -0.1) is 0 Å². The number of hydrogen-bond acceptors (Lipinski definition) is 3. The van der Waals surface area contributed by atoms with Crippen LogP contribution in [0.2, 0.25) is 0 Å². The summed E-state index contributed by atoms with van der Waals surface area (Å²) in [7, 11) is 0. The average molecular weight is 256 g/mol. The summed E-state index contributed by atoms with van der Waals surface area (Å²) in [5.74, 6) is -0.484. The smallest absolute Gasteiger partial charge is 0.311 e. The minimum Gasteiger partial charge on any atom is -0.481 e. The first-order chi connectivity index (χ1) is 8.41. The minimum absolute atomic E-state index is 0.196. The van der Waals surface area contributed by atoms with E-state index in [9.17, 15) is 14.7 Å². The van der Waals surface area contributed by atoms with Crippen LogP contribution >= 0.6 is 0 Å². The molecule has 0 aromatic rings. The number of carbonyl (C=O) groups is 2. The molecule has 1 atom stereocenters. The maximum Gasteiger partial charge on any atom is 0.311 e. The Morgan fingerprint density at radius 2 is 2.00 bits per heavy atom. The summed E-state index contributed by atoms with van der Waals surface area (Å²) in [5.41, 5.74) is 4.82. The van der Waals surface area contributed by atoms with Crippen LogP contribution in [0.25, 0.3) is 0 Å². The van der Waals surface area contributed by atoms with Gasteiger partial charge in [-0.1, -0.05) is 13.8 Å². The maximum absolute atomic E-state index is 11.6. The van der Waals surface area contributed by atoms with E-state index in [4.69, 9.17) is 5.73 Å². The predicted molar refractivity (Wildman–Crippen MR) is 69.0 cm³/mol. The molecule has 0 saturated heterocycles. The summed E-state index contributed by atoms with van der Waals surface area (Å²) in [6.07, 6.45) is 3.63. The molecule has 0 aliphatic heterocycles. The first kappa shape index (κ1) is 15.0. The van der Waals surface area contributed by atoms with Crippen molar-refractivity contribution in [2.24, 2.45) is 17.1 Å². The summed E-state index contributed by atoms with van der Waals surface area (Å²) in [6, 6.07) is -0.543. The van der Waals surface area contributed by atoms with Gasteiger partial charge in [0.2, 0.25) is 5.91 Å². The van der Waals surface area contributed by atoms with Gasteiger partial charge < -0.3 is 16.2 Å². The third-order valence-electron chi connectivity index (χ3n) is 4.06. The molecule has 1 fully saturated rings. The van der Waals surface area contributed by atoms with Gasteiger partial charge in [0.15, 0.2) is 0 Å². The number of carboxylic acid groups (broad SMARTS) is 1. The molecule has 0 aromatic carbocycles. The zero-order chi connectivity index (χ0) is 13.8. The molecule has 1 aliphatic rings. The Hall–Kier alpha value is -1.10. The number of carboxylic acids is 1. The van der Waals surface area contributed by atoms with Crippen molar-refractivity contribution in [3.63, 3.8) is 0 Å². The molecule has 0 heterocycles. The number of amides is 1. The minimum atomic E-state index is -0.806. The molecule has 0 spiro atoms. The van der Waals surface area contributed by atoms with Gasteiger partial charge in [0, 0.05) is 6.54 Å². The van der Waals surface area contributed by atoms with E-state index in [1.54, 1.807) is 0 Å². The highest BCUT2D eigenvalue weighted by molar-refractivity contribution is 5.82. The van der Waals surface area contributed by atoms with Crippen LogP contribution in [0.5, 0.6) is 0 Å². The second kappa shape index (κ2) is 6.18. The average Bonchev–Trinajstić information content (AvgIpc) is 2.36. The second-order valence-corrected chi connectivity index (χ2v) is 5.50. The van der Waals surface area contributed by atoms with Gasteiger partial charge in [-0.2, -0.15) is 0 Å². The summed E-state index contributed by atoms with van der Waals surface area (Å²) in [5, 5.41) is 12.1. The third-order valence-corrected chi connectivity index (χ3v) is 4.06. The van der Waals surface area contributed by atoms with E-state index in [2.05, 4.69) is 12.2 Å². The Kier molecular flexibility index (Phi) is 5.14. The van der Waals surface area contributed by atoms with E-state index in [0.29, 0.717) is 25.2 Å². The molecule has 0 unspecified atom stereocenters. The third kappa shape index (κ3) is 3.45. The highest BCUT2D eigenvalue weighted by Crippen LogP contribution is 2.38. The first-order valence-electron chi connectivity index (χ1n) is 6.68. The number of hydrogen-bond donors (Lipinski definition) is 3. The first-order valence-corrected chi connectivity index (χ1v) is 6.68. The monoisotopic (exact) mass is 256 g/mol. The molecule has 0 bridgehead atoms. The Balaban J connectivity index is 2.59. The Bertz CT molecular complexity index is 309. The summed E-state index contributed by atoms with van der Waals surface area (Å²) in [4.78, 5) is 23.1. The lowest BCUT2D eigenvalue weighted by molar-refractivity contribution is -0.151. The topological polar surface area (TPSA) is 92.4 Å². The Morgan fingerprint density at radius 1 is 1.44 bits per heavy atom. The van der Waals surface area contributed by atoms with Gasteiger partial charge >= 0.3 is 5.97 Å². The van der Waals surface area contributed by atoms with Crippen LogP contribution in [-0.2, 0) is 9.59 Å². The quantitative estimate of drug-likeness (QED) is 0.687. The van der Waals surface area contributed by atoms with Crippen LogP contribution < -0.4 is 11.1 Å².